The maximum Gasteiger partial charge on any atom is 0.254 e. The summed E-state index contributed by atoms with van der Waals surface area (Å²) in [6, 6.07) is 7.43. The number of anilines is 1. The first-order valence-corrected chi connectivity index (χ1v) is 14.3. The molecule has 196 valence electrons. The van der Waals surface area contributed by atoms with Gasteiger partial charge in [-0.2, -0.15) is 0 Å². The van der Waals surface area contributed by atoms with Gasteiger partial charge >= 0.3 is 0 Å². The van der Waals surface area contributed by atoms with E-state index in [0.29, 0.717) is 10.9 Å². The summed E-state index contributed by atoms with van der Waals surface area (Å²) < 4.78 is 44.8. The Bertz CT molecular complexity index is 1470. The highest BCUT2D eigenvalue weighted by Crippen LogP contribution is 2.34. The molecule has 1 aliphatic heterocycles. The number of hydrogen-bond acceptors (Lipinski definition) is 8. The average Bonchev–Trinajstić information content (AvgIpc) is 3.20. The molecule has 0 saturated heterocycles. The summed E-state index contributed by atoms with van der Waals surface area (Å²) in [5, 5.41) is 3.09. The number of thiazole rings is 1. The second-order valence-electron chi connectivity index (χ2n) is 8.73. The monoisotopic (exact) mass is 546 g/mol. The predicted octanol–water partition coefficient (Wildman–Crippen LogP) is 3.24. The molecule has 0 bridgehead atoms. The minimum Gasteiger partial charge on any atom is -0.491 e. The molecule has 1 atom stereocenters. The van der Waals surface area contributed by atoms with E-state index in [4.69, 9.17) is 10.5 Å². The molecular formula is C25H27FN4O5S2. The van der Waals surface area contributed by atoms with Crippen molar-refractivity contribution in [3.05, 3.63) is 59.0 Å². The smallest absolute Gasteiger partial charge is 0.254 e. The van der Waals surface area contributed by atoms with Gasteiger partial charge in [0, 0.05) is 35.7 Å². The largest absolute Gasteiger partial charge is 0.491 e. The Morgan fingerprint density at radius 3 is 2.73 bits per heavy atom. The molecule has 12 heteroatoms. The fourth-order valence-corrected chi connectivity index (χ4v) is 5.59. The van der Waals surface area contributed by atoms with E-state index in [1.54, 1.807) is 24.9 Å². The molecule has 0 fully saturated rings. The molecule has 37 heavy (non-hydrogen) atoms. The molecule has 0 radical (unpaired) electrons. The van der Waals surface area contributed by atoms with Gasteiger partial charge in [-0.25, -0.2) is 17.8 Å². The summed E-state index contributed by atoms with van der Waals surface area (Å²) in [7, 11) is -3.77. The molecule has 1 aromatic heterocycles. The molecule has 0 unspecified atom stereocenters. The molecule has 2 heterocycles. The van der Waals surface area contributed by atoms with Gasteiger partial charge < -0.3 is 20.7 Å². The van der Waals surface area contributed by atoms with Crippen molar-refractivity contribution in [3.63, 3.8) is 0 Å². The Morgan fingerprint density at radius 1 is 1.30 bits per heavy atom. The van der Waals surface area contributed by atoms with E-state index < -0.39 is 32.5 Å². The first kappa shape index (κ1) is 26.7. The predicted molar refractivity (Wildman–Crippen MR) is 139 cm³/mol. The average molecular weight is 547 g/mol. The molecule has 0 saturated carbocycles. The lowest BCUT2D eigenvalue weighted by Gasteiger charge is -2.22. The van der Waals surface area contributed by atoms with Crippen molar-refractivity contribution in [2.24, 2.45) is 5.73 Å². The van der Waals surface area contributed by atoms with Gasteiger partial charge in [0.25, 0.3) is 5.91 Å². The van der Waals surface area contributed by atoms with E-state index in [1.807, 2.05) is 18.2 Å². The highest BCUT2D eigenvalue weighted by Gasteiger charge is 2.27. The van der Waals surface area contributed by atoms with Crippen LogP contribution in [-0.2, 0) is 27.6 Å². The first-order valence-electron chi connectivity index (χ1n) is 11.6. The molecule has 0 aliphatic carbocycles. The Balaban J connectivity index is 1.62. The van der Waals surface area contributed by atoms with E-state index in [2.05, 4.69) is 10.3 Å². The van der Waals surface area contributed by atoms with Gasteiger partial charge in [-0.3, -0.25) is 9.59 Å². The normalized spacial score (nSPS) is 14.4. The number of carbonyl (C=O) groups is 2. The zero-order valence-corrected chi connectivity index (χ0v) is 22.2. The number of halogens is 1. The van der Waals surface area contributed by atoms with E-state index in [-0.39, 0.29) is 43.2 Å². The Kier molecular flexibility index (Phi) is 7.62. The maximum atomic E-state index is 15.0. The van der Waals surface area contributed by atoms with Gasteiger partial charge in [0.05, 0.1) is 17.5 Å². The van der Waals surface area contributed by atoms with Crippen LogP contribution in [0, 0.1) is 5.82 Å². The SMILES string of the molecule is CCc1c(C(=O)N2CCOc3ccc(-c4cnc(NC(=O)[C@@H](C)N)s4)cc3C2)ccc(S(C)(=O)=O)c1F. The first-order chi connectivity index (χ1) is 17.5. The van der Waals surface area contributed by atoms with E-state index in [9.17, 15) is 18.0 Å². The minimum atomic E-state index is -3.77. The van der Waals surface area contributed by atoms with Crippen LogP contribution in [-0.4, -0.2) is 55.6 Å². The molecule has 3 aromatic rings. The quantitative estimate of drug-likeness (QED) is 0.485. The number of aromatic nitrogens is 1. The van der Waals surface area contributed by atoms with Crippen LogP contribution in [0.5, 0.6) is 5.75 Å². The minimum absolute atomic E-state index is 0.0677. The van der Waals surface area contributed by atoms with Crippen LogP contribution in [0.15, 0.2) is 41.4 Å². The van der Waals surface area contributed by atoms with Gasteiger partial charge in [-0.05, 0) is 49.2 Å². The number of nitrogens with two attached hydrogens (primary N) is 1. The van der Waals surface area contributed by atoms with Crippen LogP contribution in [0.1, 0.15) is 35.3 Å². The molecule has 2 amide bonds. The Hall–Kier alpha value is -3.35. The zero-order chi connectivity index (χ0) is 26.9. The van der Waals surface area contributed by atoms with E-state index >= 15 is 4.39 Å². The number of carbonyl (C=O) groups excluding carboxylic acids is 2. The van der Waals surface area contributed by atoms with Crippen molar-refractivity contribution in [1.29, 1.82) is 0 Å². The lowest BCUT2D eigenvalue weighted by atomic mass is 10.0. The molecule has 0 spiro atoms. The van der Waals surface area contributed by atoms with Gasteiger partial charge in [0.2, 0.25) is 5.91 Å². The number of sulfone groups is 1. The van der Waals surface area contributed by atoms with Crippen LogP contribution >= 0.6 is 11.3 Å². The number of nitrogens with zero attached hydrogens (tertiary/aromatic N) is 2. The van der Waals surface area contributed by atoms with Crippen LogP contribution in [0.25, 0.3) is 10.4 Å². The molecule has 4 rings (SSSR count). The number of nitrogens with one attached hydrogen (secondary N) is 1. The summed E-state index contributed by atoms with van der Waals surface area (Å²) in [6.07, 6.45) is 2.74. The third kappa shape index (κ3) is 5.65. The van der Waals surface area contributed by atoms with Crippen molar-refractivity contribution in [2.45, 2.75) is 37.8 Å². The second-order valence-corrected chi connectivity index (χ2v) is 11.7. The van der Waals surface area contributed by atoms with Crippen LogP contribution < -0.4 is 15.8 Å². The third-order valence-electron chi connectivity index (χ3n) is 5.95. The van der Waals surface area contributed by atoms with E-state index in [0.717, 1.165) is 28.3 Å². The summed E-state index contributed by atoms with van der Waals surface area (Å²) in [5.74, 6) is -1.00. The Morgan fingerprint density at radius 2 is 2.05 bits per heavy atom. The molecule has 9 nitrogen and oxygen atoms in total. The summed E-state index contributed by atoms with van der Waals surface area (Å²) in [6.45, 7) is 4.00. The number of rotatable bonds is 6. The van der Waals surface area contributed by atoms with E-state index in [1.165, 1.54) is 17.4 Å². The lowest BCUT2D eigenvalue weighted by Crippen LogP contribution is -2.33. The lowest BCUT2D eigenvalue weighted by molar-refractivity contribution is -0.117. The second kappa shape index (κ2) is 10.6. The zero-order valence-electron chi connectivity index (χ0n) is 20.6. The maximum absolute atomic E-state index is 15.0. The van der Waals surface area contributed by atoms with Crippen LogP contribution in [0.2, 0.25) is 0 Å². The molecular weight excluding hydrogens is 519 g/mol. The molecule has 3 N–H and O–H groups in total. The number of fused-ring (bicyclic) bond motifs is 1. The molecule has 1 aliphatic rings. The van der Waals surface area contributed by atoms with Crippen molar-refractivity contribution in [2.75, 3.05) is 24.7 Å². The van der Waals surface area contributed by atoms with Gasteiger partial charge in [0.1, 0.15) is 23.1 Å². The topological polar surface area (TPSA) is 132 Å². The van der Waals surface area contributed by atoms with Gasteiger partial charge in [-0.1, -0.05) is 18.3 Å². The number of amides is 2. The van der Waals surface area contributed by atoms with Crippen LogP contribution in [0.3, 0.4) is 0 Å². The summed E-state index contributed by atoms with van der Waals surface area (Å²) in [5.41, 5.74) is 7.37. The highest BCUT2D eigenvalue weighted by molar-refractivity contribution is 7.90. The summed E-state index contributed by atoms with van der Waals surface area (Å²) >= 11 is 1.29. The van der Waals surface area contributed by atoms with Crippen molar-refractivity contribution in [1.82, 2.24) is 9.88 Å². The fourth-order valence-electron chi connectivity index (χ4n) is 4.01. The number of ether oxygens (including phenoxy) is 1. The Labute approximate surface area is 218 Å². The van der Waals surface area contributed by atoms with Gasteiger partial charge in [0.15, 0.2) is 15.0 Å². The van der Waals surface area contributed by atoms with Gasteiger partial charge in [-0.15, -0.1) is 0 Å². The van der Waals surface area contributed by atoms with Crippen molar-refractivity contribution in [3.8, 4) is 16.2 Å². The standard InChI is InChI=1S/C25H27FN4O5S2/c1-4-17-18(6-8-21(22(17)26)37(3,33)34)24(32)30-9-10-35-19-7-5-15(11-16(19)13-30)20-12-28-25(36-20)29-23(31)14(2)27/h5-8,11-12,14H,4,9-10,13,27H2,1-3H3,(H,28,29,31)/t14-/m1/s1. The van der Waals surface area contributed by atoms with Crippen LogP contribution in [0.4, 0.5) is 9.52 Å². The third-order valence-corrected chi connectivity index (χ3v) is 8.03. The number of hydrogen-bond donors (Lipinski definition) is 2. The molecule has 2 aromatic carbocycles. The summed E-state index contributed by atoms with van der Waals surface area (Å²) in [4.78, 5) is 31.5. The highest BCUT2D eigenvalue weighted by atomic mass is 32.2. The van der Waals surface area contributed by atoms with Crippen molar-refractivity contribution >= 4 is 38.1 Å². The fraction of sp³-hybridized carbons (Fsp3) is 0.320. The number of benzene rings is 2. The van der Waals surface area contributed by atoms with Crippen molar-refractivity contribution < 1.29 is 27.1 Å².